The average molecular weight is 618 g/mol. The summed E-state index contributed by atoms with van der Waals surface area (Å²) >= 11 is 10.2. The minimum absolute atomic E-state index is 0.140. The van der Waals surface area contributed by atoms with E-state index in [1.165, 1.54) is 7.11 Å². The quantitative estimate of drug-likeness (QED) is 0.269. The highest BCUT2D eigenvalue weighted by Gasteiger charge is 2.34. The lowest BCUT2D eigenvalue weighted by Crippen LogP contribution is -2.32. The summed E-state index contributed by atoms with van der Waals surface area (Å²) in [7, 11) is 1.47. The van der Waals surface area contributed by atoms with E-state index in [0.29, 0.717) is 33.5 Å². The molecule has 0 bridgehead atoms. The molecule has 8 nitrogen and oxygen atoms in total. The predicted molar refractivity (Wildman–Crippen MR) is 151 cm³/mol. The van der Waals surface area contributed by atoms with Crippen molar-refractivity contribution in [3.8, 4) is 17.2 Å². The zero-order valence-electron chi connectivity index (χ0n) is 20.1. The van der Waals surface area contributed by atoms with Gasteiger partial charge in [0.15, 0.2) is 18.1 Å². The van der Waals surface area contributed by atoms with Gasteiger partial charge in [0.2, 0.25) is 0 Å². The maximum Gasteiger partial charge on any atom is 0.293 e. The van der Waals surface area contributed by atoms with Gasteiger partial charge in [0.05, 0.1) is 23.6 Å². The van der Waals surface area contributed by atoms with Gasteiger partial charge in [-0.3, -0.25) is 19.3 Å². The van der Waals surface area contributed by atoms with Gasteiger partial charge in [-0.2, -0.15) is 0 Å². The van der Waals surface area contributed by atoms with Gasteiger partial charge in [-0.25, -0.2) is 0 Å². The van der Waals surface area contributed by atoms with Crippen LogP contribution in [0.3, 0.4) is 0 Å². The molecular weight excluding hydrogens is 596 g/mol. The highest BCUT2D eigenvalue weighted by atomic mass is 79.9. The van der Waals surface area contributed by atoms with Gasteiger partial charge in [0.1, 0.15) is 12.4 Å². The molecule has 1 N–H and O–H groups in total. The Bertz CT molecular complexity index is 1390. The molecule has 3 aromatic rings. The van der Waals surface area contributed by atoms with Crippen LogP contribution in [0.25, 0.3) is 6.08 Å². The summed E-state index contributed by atoms with van der Waals surface area (Å²) in [4.78, 5) is 39.0. The van der Waals surface area contributed by atoms with Crippen LogP contribution in [-0.2, 0) is 9.59 Å². The summed E-state index contributed by atoms with van der Waals surface area (Å²) in [6.07, 6.45) is 1.61. The molecule has 0 aliphatic carbocycles. The number of thioether (sulfide) groups is 1. The second-order valence-electron chi connectivity index (χ2n) is 7.87. The Hall–Kier alpha value is -3.47. The Morgan fingerprint density at radius 1 is 1.05 bits per heavy atom. The molecule has 3 aromatic carbocycles. The van der Waals surface area contributed by atoms with Crippen LogP contribution in [0.4, 0.5) is 10.5 Å². The van der Waals surface area contributed by atoms with Crippen molar-refractivity contribution in [2.45, 2.75) is 0 Å². The van der Waals surface area contributed by atoms with Crippen molar-refractivity contribution in [2.75, 3.05) is 32.2 Å². The summed E-state index contributed by atoms with van der Waals surface area (Å²) in [6, 6.07) is 19.2. The number of para-hydroxylation sites is 1. The van der Waals surface area contributed by atoms with E-state index in [-0.39, 0.29) is 41.7 Å². The Morgan fingerprint density at radius 3 is 2.58 bits per heavy atom. The number of methoxy groups -OCH3 is 1. The Labute approximate surface area is 237 Å². The van der Waals surface area contributed by atoms with E-state index in [4.69, 9.17) is 25.8 Å². The summed E-state index contributed by atoms with van der Waals surface area (Å²) < 4.78 is 17.4. The number of ether oxygens (including phenoxy) is 3. The van der Waals surface area contributed by atoms with Gasteiger partial charge in [0.25, 0.3) is 17.1 Å². The van der Waals surface area contributed by atoms with Crippen molar-refractivity contribution < 1.29 is 28.6 Å². The zero-order chi connectivity index (χ0) is 27.1. The van der Waals surface area contributed by atoms with Crippen molar-refractivity contribution in [2.24, 2.45) is 0 Å². The fourth-order valence-corrected chi connectivity index (χ4v) is 4.72. The lowest BCUT2D eigenvalue weighted by molar-refractivity contribution is -0.123. The van der Waals surface area contributed by atoms with E-state index >= 15 is 0 Å². The van der Waals surface area contributed by atoms with Gasteiger partial charge in [-0.05, 0) is 81.8 Å². The molecule has 1 fully saturated rings. The first-order valence-electron chi connectivity index (χ1n) is 11.3. The molecule has 0 unspecified atom stereocenters. The molecule has 1 saturated heterocycles. The first-order chi connectivity index (χ1) is 18.3. The van der Waals surface area contributed by atoms with Crippen LogP contribution < -0.4 is 19.5 Å². The van der Waals surface area contributed by atoms with Crippen molar-refractivity contribution in [1.29, 1.82) is 0 Å². The maximum atomic E-state index is 12.8. The molecule has 1 aliphatic heterocycles. The largest absolute Gasteiger partial charge is 0.493 e. The van der Waals surface area contributed by atoms with E-state index in [9.17, 15) is 14.4 Å². The van der Waals surface area contributed by atoms with Crippen LogP contribution in [0.5, 0.6) is 17.2 Å². The van der Waals surface area contributed by atoms with Crippen LogP contribution >= 0.6 is 39.3 Å². The smallest absolute Gasteiger partial charge is 0.293 e. The highest BCUT2D eigenvalue weighted by Crippen LogP contribution is 2.34. The minimum atomic E-state index is -0.388. The molecule has 38 heavy (non-hydrogen) atoms. The van der Waals surface area contributed by atoms with Crippen LogP contribution in [0, 0.1) is 0 Å². The molecule has 3 amide bonds. The third-order valence-corrected chi connectivity index (χ3v) is 7.39. The van der Waals surface area contributed by atoms with E-state index in [2.05, 4.69) is 21.2 Å². The number of imide groups is 1. The number of hydrogen-bond donors (Lipinski definition) is 1. The molecule has 0 atom stereocenters. The molecule has 4 rings (SSSR count). The number of hydrogen-bond acceptors (Lipinski definition) is 7. The number of anilines is 1. The van der Waals surface area contributed by atoms with Gasteiger partial charge >= 0.3 is 0 Å². The van der Waals surface area contributed by atoms with Gasteiger partial charge in [0, 0.05) is 10.2 Å². The summed E-state index contributed by atoms with van der Waals surface area (Å²) in [6.45, 7) is 0.0759. The number of nitrogens with zero attached hydrogens (tertiary/aromatic N) is 1. The average Bonchev–Trinajstić information content (AvgIpc) is 3.17. The Morgan fingerprint density at radius 2 is 1.84 bits per heavy atom. The minimum Gasteiger partial charge on any atom is -0.493 e. The second-order valence-corrected chi connectivity index (χ2v) is 10.1. The van der Waals surface area contributed by atoms with Gasteiger partial charge < -0.3 is 19.5 Å². The highest BCUT2D eigenvalue weighted by molar-refractivity contribution is 9.10. The molecular formula is C27H22BrClN2O6S. The standard InChI is InChI=1S/C27H22BrClN2O6S/c1-35-23-13-17(7-10-22(23)37-16-25(32)30-18-8-9-20(28)21(29)15-18)14-24-26(33)31(27(34)38-24)11-12-36-19-5-3-2-4-6-19/h2-10,13-15H,11-12,16H2,1H3,(H,30,32)/b24-14-. The van der Waals surface area contributed by atoms with E-state index in [1.54, 1.807) is 54.6 Å². The van der Waals surface area contributed by atoms with Crippen LogP contribution in [0.15, 0.2) is 76.1 Å². The third-order valence-electron chi connectivity index (χ3n) is 5.25. The fourth-order valence-electron chi connectivity index (χ4n) is 3.42. The number of amides is 3. The monoisotopic (exact) mass is 616 g/mol. The Kier molecular flexibility index (Phi) is 9.33. The SMILES string of the molecule is COc1cc(/C=C2\SC(=O)N(CCOc3ccccc3)C2=O)ccc1OCC(=O)Nc1ccc(Br)c(Cl)c1. The van der Waals surface area contributed by atoms with Crippen LogP contribution in [0.2, 0.25) is 5.02 Å². The molecule has 0 spiro atoms. The maximum absolute atomic E-state index is 12.8. The van der Waals surface area contributed by atoms with Crippen molar-refractivity contribution in [3.63, 3.8) is 0 Å². The van der Waals surface area contributed by atoms with Gasteiger partial charge in [-0.1, -0.05) is 35.9 Å². The number of halogens is 2. The van der Waals surface area contributed by atoms with Crippen LogP contribution in [0.1, 0.15) is 5.56 Å². The van der Waals surface area contributed by atoms with Crippen molar-refractivity contribution in [3.05, 3.63) is 86.7 Å². The molecule has 0 radical (unpaired) electrons. The molecule has 196 valence electrons. The third kappa shape index (κ3) is 7.09. The van der Waals surface area contributed by atoms with Gasteiger partial charge in [-0.15, -0.1) is 0 Å². The zero-order valence-corrected chi connectivity index (χ0v) is 23.3. The predicted octanol–water partition coefficient (Wildman–Crippen LogP) is 6.24. The number of rotatable bonds is 10. The molecule has 11 heteroatoms. The topological polar surface area (TPSA) is 94.2 Å². The van der Waals surface area contributed by atoms with Crippen LogP contribution in [-0.4, -0.2) is 48.8 Å². The summed E-state index contributed by atoms with van der Waals surface area (Å²) in [5.41, 5.74) is 1.17. The number of benzene rings is 3. The van der Waals surface area contributed by atoms with E-state index < -0.39 is 0 Å². The molecule has 1 heterocycles. The summed E-state index contributed by atoms with van der Waals surface area (Å²) in [5.74, 6) is 0.619. The summed E-state index contributed by atoms with van der Waals surface area (Å²) in [5, 5.41) is 2.82. The molecule has 1 aliphatic rings. The normalized spacial score (nSPS) is 14.1. The Balaban J connectivity index is 1.35. The fraction of sp³-hybridized carbons (Fsp3) is 0.148. The van der Waals surface area contributed by atoms with Crippen molar-refractivity contribution in [1.82, 2.24) is 4.90 Å². The molecule has 0 aromatic heterocycles. The number of carbonyl (C=O) groups is 3. The first kappa shape index (κ1) is 27.6. The van der Waals surface area contributed by atoms with Crippen molar-refractivity contribution >= 4 is 68.1 Å². The van der Waals surface area contributed by atoms with E-state index in [0.717, 1.165) is 21.1 Å². The van der Waals surface area contributed by atoms with E-state index in [1.807, 2.05) is 18.2 Å². The number of nitrogens with one attached hydrogen (secondary N) is 1. The number of carbonyl (C=O) groups excluding carboxylic acids is 3. The molecule has 0 saturated carbocycles. The first-order valence-corrected chi connectivity index (χ1v) is 13.3. The lowest BCUT2D eigenvalue weighted by atomic mass is 10.2. The lowest BCUT2D eigenvalue weighted by Gasteiger charge is -2.13. The second kappa shape index (κ2) is 12.9.